The summed E-state index contributed by atoms with van der Waals surface area (Å²) in [6, 6.07) is 7.96. The maximum Gasteiger partial charge on any atom is 0.284 e. The molecule has 2 N–H and O–H groups in total. The zero-order valence-electron chi connectivity index (χ0n) is 9.95. The lowest BCUT2D eigenvalue weighted by Gasteiger charge is -2.06. The molecule has 0 saturated carbocycles. The first-order chi connectivity index (χ1) is 8.99. The Labute approximate surface area is 114 Å². The van der Waals surface area contributed by atoms with Crippen LogP contribution in [0.5, 0.6) is 0 Å². The van der Waals surface area contributed by atoms with E-state index < -0.39 is 15.9 Å². The van der Waals surface area contributed by atoms with E-state index in [1.54, 1.807) is 25.1 Å². The minimum absolute atomic E-state index is 0.132. The first-order valence-electron chi connectivity index (χ1n) is 5.29. The van der Waals surface area contributed by atoms with E-state index in [9.17, 15) is 13.2 Å². The third-order valence-electron chi connectivity index (χ3n) is 2.18. The molecule has 1 amide bonds. The predicted octanol–water partition coefficient (Wildman–Crippen LogP) is 1.07. The first-order valence-corrected chi connectivity index (χ1v) is 7.58. The number of hydrogen-bond donors (Lipinski definition) is 2. The summed E-state index contributed by atoms with van der Waals surface area (Å²) in [4.78, 5) is 18.3. The molecule has 0 aliphatic carbocycles. The minimum Gasteiger partial charge on any atom is -0.272 e. The average molecular weight is 297 g/mol. The van der Waals surface area contributed by atoms with Crippen molar-refractivity contribution in [1.29, 1.82) is 0 Å². The molecule has 0 fully saturated rings. The van der Waals surface area contributed by atoms with Gasteiger partial charge in [-0.1, -0.05) is 6.07 Å². The third-order valence-corrected chi connectivity index (χ3v) is 4.92. The molecule has 8 heteroatoms. The quantitative estimate of drug-likeness (QED) is 0.826. The van der Waals surface area contributed by atoms with Crippen molar-refractivity contribution in [2.45, 2.75) is 11.1 Å². The Morgan fingerprint density at radius 1 is 1.26 bits per heavy atom. The number of hydrogen-bond acceptors (Lipinski definition) is 5. The Morgan fingerprint density at radius 3 is 2.63 bits per heavy atom. The number of hydrazine groups is 1. The highest BCUT2D eigenvalue weighted by molar-refractivity contribution is 7.91. The first kappa shape index (κ1) is 13.7. The SMILES string of the molecule is Cc1ccc(S(=O)(=O)NNC(=O)c2ccccn2)s1. The minimum atomic E-state index is -3.73. The van der Waals surface area contributed by atoms with Crippen molar-refractivity contribution in [2.24, 2.45) is 0 Å². The normalized spacial score (nSPS) is 11.2. The molecule has 100 valence electrons. The number of carbonyl (C=O) groups is 1. The van der Waals surface area contributed by atoms with E-state index in [1.807, 2.05) is 4.83 Å². The molecule has 0 unspecified atom stereocenters. The van der Waals surface area contributed by atoms with Crippen LogP contribution in [0.15, 0.2) is 40.7 Å². The molecule has 19 heavy (non-hydrogen) atoms. The number of aryl methyl sites for hydroxylation is 1. The van der Waals surface area contributed by atoms with E-state index in [0.29, 0.717) is 0 Å². The number of nitrogens with one attached hydrogen (secondary N) is 2. The second-order valence-corrected chi connectivity index (χ2v) is 6.84. The lowest BCUT2D eigenvalue weighted by atomic mass is 10.3. The molecule has 2 aromatic rings. The van der Waals surface area contributed by atoms with Crippen molar-refractivity contribution >= 4 is 27.3 Å². The summed E-state index contributed by atoms with van der Waals surface area (Å²) in [5, 5.41) is 0. The second-order valence-electron chi connectivity index (χ2n) is 3.64. The molecule has 0 aliphatic rings. The fourth-order valence-corrected chi connectivity index (χ4v) is 3.40. The monoisotopic (exact) mass is 297 g/mol. The van der Waals surface area contributed by atoms with Gasteiger partial charge in [0, 0.05) is 11.1 Å². The zero-order valence-corrected chi connectivity index (χ0v) is 11.6. The Bertz CT molecular complexity index is 680. The fourth-order valence-electron chi connectivity index (χ4n) is 1.28. The van der Waals surface area contributed by atoms with E-state index in [0.717, 1.165) is 16.2 Å². The molecule has 0 aliphatic heterocycles. The summed E-state index contributed by atoms with van der Waals surface area (Å²) in [5.41, 5.74) is 2.25. The number of aromatic nitrogens is 1. The number of carbonyl (C=O) groups excluding carboxylic acids is 1. The molecular weight excluding hydrogens is 286 g/mol. The van der Waals surface area contributed by atoms with Crippen LogP contribution in [0.25, 0.3) is 0 Å². The molecular formula is C11H11N3O3S2. The Hall–Kier alpha value is -1.77. The topological polar surface area (TPSA) is 88.2 Å². The molecule has 0 spiro atoms. The maximum atomic E-state index is 11.8. The van der Waals surface area contributed by atoms with Crippen LogP contribution >= 0.6 is 11.3 Å². The summed E-state index contributed by atoms with van der Waals surface area (Å²) in [5.74, 6) is -0.613. The third kappa shape index (κ3) is 3.37. The van der Waals surface area contributed by atoms with E-state index in [2.05, 4.69) is 10.4 Å². The summed E-state index contributed by atoms with van der Waals surface area (Å²) in [6.07, 6.45) is 1.45. The summed E-state index contributed by atoms with van der Waals surface area (Å²) >= 11 is 1.12. The average Bonchev–Trinajstić information content (AvgIpc) is 2.85. The van der Waals surface area contributed by atoms with Crippen LogP contribution in [0, 0.1) is 6.92 Å². The molecule has 6 nitrogen and oxygen atoms in total. The molecule has 2 aromatic heterocycles. The van der Waals surface area contributed by atoms with Gasteiger partial charge < -0.3 is 0 Å². The van der Waals surface area contributed by atoms with Crippen molar-refractivity contribution in [2.75, 3.05) is 0 Å². The van der Waals surface area contributed by atoms with Gasteiger partial charge in [0.2, 0.25) is 0 Å². The molecule has 0 atom stereocenters. The van der Waals surface area contributed by atoms with Crippen molar-refractivity contribution in [3.05, 3.63) is 47.1 Å². The summed E-state index contributed by atoms with van der Waals surface area (Å²) in [6.45, 7) is 1.80. The molecule has 0 bridgehead atoms. The van der Waals surface area contributed by atoms with Gasteiger partial charge >= 0.3 is 0 Å². The smallest absolute Gasteiger partial charge is 0.272 e. The number of rotatable bonds is 4. The Morgan fingerprint density at radius 2 is 2.05 bits per heavy atom. The van der Waals surface area contributed by atoms with Crippen LogP contribution < -0.4 is 10.3 Å². The van der Waals surface area contributed by atoms with E-state index in [-0.39, 0.29) is 9.90 Å². The molecule has 2 rings (SSSR count). The number of amides is 1. The summed E-state index contributed by atoms with van der Waals surface area (Å²) < 4.78 is 23.8. The molecule has 0 aromatic carbocycles. The molecule has 2 heterocycles. The van der Waals surface area contributed by atoms with Gasteiger partial charge in [0.15, 0.2) is 0 Å². The molecule has 0 radical (unpaired) electrons. The van der Waals surface area contributed by atoms with Crippen LogP contribution in [0.3, 0.4) is 0 Å². The van der Waals surface area contributed by atoms with E-state index in [1.165, 1.54) is 18.3 Å². The van der Waals surface area contributed by atoms with Gasteiger partial charge in [0.1, 0.15) is 9.90 Å². The van der Waals surface area contributed by atoms with Gasteiger partial charge in [0.25, 0.3) is 15.9 Å². The van der Waals surface area contributed by atoms with Gasteiger partial charge in [-0.05, 0) is 31.2 Å². The largest absolute Gasteiger partial charge is 0.284 e. The number of nitrogens with zero attached hydrogens (tertiary/aromatic N) is 1. The van der Waals surface area contributed by atoms with Crippen molar-refractivity contribution < 1.29 is 13.2 Å². The van der Waals surface area contributed by atoms with Gasteiger partial charge in [-0.15, -0.1) is 16.2 Å². The van der Waals surface area contributed by atoms with Crippen LogP contribution in [-0.4, -0.2) is 19.3 Å². The molecule has 0 saturated heterocycles. The highest BCUT2D eigenvalue weighted by Crippen LogP contribution is 2.19. The van der Waals surface area contributed by atoms with Crippen molar-refractivity contribution in [3.8, 4) is 0 Å². The Balaban J connectivity index is 2.05. The highest BCUT2D eigenvalue weighted by atomic mass is 32.2. The van der Waals surface area contributed by atoms with Crippen molar-refractivity contribution in [3.63, 3.8) is 0 Å². The lowest BCUT2D eigenvalue weighted by molar-refractivity contribution is 0.0940. The standard InChI is InChI=1S/C11H11N3O3S2/c1-8-5-6-10(18-8)19(16,17)14-13-11(15)9-4-2-3-7-12-9/h2-7,14H,1H3,(H,13,15). The fraction of sp³-hybridized carbons (Fsp3) is 0.0909. The lowest BCUT2D eigenvalue weighted by Crippen LogP contribution is -2.41. The summed E-state index contributed by atoms with van der Waals surface area (Å²) in [7, 11) is -3.73. The van der Waals surface area contributed by atoms with E-state index in [4.69, 9.17) is 0 Å². The Kier molecular flexibility index (Phi) is 3.93. The zero-order chi connectivity index (χ0) is 13.9. The van der Waals surface area contributed by atoms with Crippen LogP contribution in [0.1, 0.15) is 15.4 Å². The van der Waals surface area contributed by atoms with Crippen LogP contribution in [0.2, 0.25) is 0 Å². The van der Waals surface area contributed by atoms with Crippen molar-refractivity contribution in [1.82, 2.24) is 15.2 Å². The second kappa shape index (κ2) is 5.47. The van der Waals surface area contributed by atoms with Gasteiger partial charge in [-0.2, -0.15) is 0 Å². The maximum absolute atomic E-state index is 11.8. The van der Waals surface area contributed by atoms with Crippen LogP contribution in [-0.2, 0) is 10.0 Å². The predicted molar refractivity (Wildman–Crippen MR) is 71.1 cm³/mol. The van der Waals surface area contributed by atoms with Gasteiger partial charge in [0.05, 0.1) is 0 Å². The highest BCUT2D eigenvalue weighted by Gasteiger charge is 2.17. The van der Waals surface area contributed by atoms with Gasteiger partial charge in [-0.3, -0.25) is 15.2 Å². The number of sulfonamides is 1. The van der Waals surface area contributed by atoms with Crippen LogP contribution in [0.4, 0.5) is 0 Å². The van der Waals surface area contributed by atoms with E-state index >= 15 is 0 Å². The number of thiophene rings is 1. The number of pyridine rings is 1. The van der Waals surface area contributed by atoms with Gasteiger partial charge in [-0.25, -0.2) is 8.42 Å².